The van der Waals surface area contributed by atoms with Gasteiger partial charge in [0.1, 0.15) is 5.82 Å². The van der Waals surface area contributed by atoms with Crippen molar-refractivity contribution in [2.75, 3.05) is 25.0 Å². The van der Waals surface area contributed by atoms with Crippen molar-refractivity contribution >= 4 is 22.6 Å². The summed E-state index contributed by atoms with van der Waals surface area (Å²) in [5.74, 6) is 1.42. The highest BCUT2D eigenvalue weighted by Crippen LogP contribution is 2.24. The summed E-state index contributed by atoms with van der Waals surface area (Å²) in [4.78, 5) is 27.5. The number of hydrogen-bond acceptors (Lipinski definition) is 5. The van der Waals surface area contributed by atoms with Gasteiger partial charge in [0, 0.05) is 36.4 Å². The zero-order valence-electron chi connectivity index (χ0n) is 13.9. The van der Waals surface area contributed by atoms with Gasteiger partial charge in [-0.25, -0.2) is 9.97 Å². The first-order chi connectivity index (χ1) is 12.3. The van der Waals surface area contributed by atoms with E-state index in [4.69, 9.17) is 0 Å². The molecule has 126 valence electrons. The number of carbonyl (C=O) groups is 1. The van der Waals surface area contributed by atoms with Crippen LogP contribution in [0.15, 0.2) is 48.8 Å². The molecule has 1 aliphatic rings. The van der Waals surface area contributed by atoms with Crippen LogP contribution in [0.2, 0.25) is 0 Å². The van der Waals surface area contributed by atoms with E-state index in [0.717, 1.165) is 42.4 Å². The highest BCUT2D eigenvalue weighted by atomic mass is 16.2. The lowest BCUT2D eigenvalue weighted by Gasteiger charge is -2.16. The Morgan fingerprint density at radius 1 is 1.04 bits per heavy atom. The summed E-state index contributed by atoms with van der Waals surface area (Å²) in [6, 6.07) is 11.6. The number of benzene rings is 1. The number of carbonyl (C=O) groups excluding carboxylic acids is 1. The average Bonchev–Trinajstić information content (AvgIpc) is 3.21. The van der Waals surface area contributed by atoms with Crippen LogP contribution in [-0.4, -0.2) is 45.4 Å². The fraction of sp³-hybridized carbons (Fsp3) is 0.263. The Morgan fingerprint density at radius 3 is 2.60 bits per heavy atom. The molecular formula is C19H19N5O. The number of nitrogens with one attached hydrogen (secondary N) is 1. The number of rotatable bonds is 4. The van der Waals surface area contributed by atoms with Gasteiger partial charge in [0.2, 0.25) is 5.91 Å². The number of aromatic nitrogens is 3. The number of para-hydroxylation sites is 1. The first-order valence-electron chi connectivity index (χ1n) is 8.50. The highest BCUT2D eigenvalue weighted by Gasteiger charge is 2.18. The Morgan fingerprint density at radius 2 is 1.80 bits per heavy atom. The summed E-state index contributed by atoms with van der Waals surface area (Å²) in [7, 11) is 0. The summed E-state index contributed by atoms with van der Waals surface area (Å²) >= 11 is 0. The maximum absolute atomic E-state index is 12.3. The molecule has 1 aromatic carbocycles. The Hall–Kier alpha value is -3.02. The van der Waals surface area contributed by atoms with E-state index in [-0.39, 0.29) is 12.5 Å². The van der Waals surface area contributed by atoms with Crippen molar-refractivity contribution < 1.29 is 4.79 Å². The average molecular weight is 333 g/mol. The minimum absolute atomic E-state index is 0.116. The highest BCUT2D eigenvalue weighted by molar-refractivity contribution is 5.92. The van der Waals surface area contributed by atoms with Gasteiger partial charge in [0.05, 0.1) is 12.1 Å². The molecule has 3 heterocycles. The van der Waals surface area contributed by atoms with Crippen LogP contribution in [0.4, 0.5) is 5.82 Å². The Balaban J connectivity index is 1.65. The Kier molecular flexibility index (Phi) is 4.24. The predicted molar refractivity (Wildman–Crippen MR) is 97.1 cm³/mol. The van der Waals surface area contributed by atoms with Crippen LogP contribution in [0.25, 0.3) is 22.3 Å². The lowest BCUT2D eigenvalue weighted by molar-refractivity contribution is -0.128. The van der Waals surface area contributed by atoms with E-state index in [9.17, 15) is 4.79 Å². The minimum atomic E-state index is 0.116. The molecule has 0 bridgehead atoms. The van der Waals surface area contributed by atoms with Crippen LogP contribution >= 0.6 is 0 Å². The molecule has 3 aromatic rings. The third-order valence-corrected chi connectivity index (χ3v) is 4.41. The summed E-state index contributed by atoms with van der Waals surface area (Å²) in [6.07, 6.45) is 5.62. The third-order valence-electron chi connectivity index (χ3n) is 4.41. The standard InChI is InChI=1S/C19H19N5O/c25-17(24-11-3-4-12-24)13-21-19-15-5-1-2-6-16(15)22-18(23-19)14-7-9-20-10-8-14/h1-2,5-10H,3-4,11-13H2,(H,21,22,23). The summed E-state index contributed by atoms with van der Waals surface area (Å²) in [5, 5.41) is 4.13. The number of hydrogen-bond donors (Lipinski definition) is 1. The van der Waals surface area contributed by atoms with E-state index in [0.29, 0.717) is 11.6 Å². The molecule has 4 rings (SSSR count). The third kappa shape index (κ3) is 3.28. The van der Waals surface area contributed by atoms with Crippen LogP contribution < -0.4 is 5.32 Å². The number of anilines is 1. The van der Waals surface area contributed by atoms with Gasteiger partial charge >= 0.3 is 0 Å². The molecule has 1 aliphatic heterocycles. The smallest absolute Gasteiger partial charge is 0.241 e. The first-order valence-corrected chi connectivity index (χ1v) is 8.50. The molecule has 0 aliphatic carbocycles. The molecular weight excluding hydrogens is 314 g/mol. The second-order valence-corrected chi connectivity index (χ2v) is 6.09. The molecule has 0 radical (unpaired) electrons. The molecule has 6 heteroatoms. The van der Waals surface area contributed by atoms with Gasteiger partial charge < -0.3 is 10.2 Å². The van der Waals surface area contributed by atoms with Crippen molar-refractivity contribution in [1.82, 2.24) is 19.9 Å². The van der Waals surface area contributed by atoms with Gasteiger partial charge in [0.15, 0.2) is 5.82 Å². The maximum atomic E-state index is 12.3. The molecule has 0 spiro atoms. The predicted octanol–water partition coefficient (Wildman–Crippen LogP) is 2.73. The van der Waals surface area contributed by atoms with Crippen LogP contribution in [0.3, 0.4) is 0 Å². The van der Waals surface area contributed by atoms with Gasteiger partial charge in [-0.1, -0.05) is 12.1 Å². The number of amides is 1. The van der Waals surface area contributed by atoms with Crippen molar-refractivity contribution in [2.24, 2.45) is 0 Å². The van der Waals surface area contributed by atoms with Crippen molar-refractivity contribution in [1.29, 1.82) is 0 Å². The molecule has 2 aromatic heterocycles. The number of likely N-dealkylation sites (tertiary alicyclic amines) is 1. The van der Waals surface area contributed by atoms with Crippen molar-refractivity contribution in [2.45, 2.75) is 12.8 Å². The largest absolute Gasteiger partial charge is 0.360 e. The van der Waals surface area contributed by atoms with Gasteiger partial charge in [-0.15, -0.1) is 0 Å². The van der Waals surface area contributed by atoms with Gasteiger partial charge in [-0.05, 0) is 37.1 Å². The van der Waals surface area contributed by atoms with Crippen molar-refractivity contribution in [3.63, 3.8) is 0 Å². The van der Waals surface area contributed by atoms with Crippen LogP contribution in [-0.2, 0) is 4.79 Å². The molecule has 0 saturated carbocycles. The molecule has 1 saturated heterocycles. The van der Waals surface area contributed by atoms with E-state index >= 15 is 0 Å². The SMILES string of the molecule is O=C(CNc1nc(-c2ccncc2)nc2ccccc12)N1CCCC1. The van der Waals surface area contributed by atoms with Crippen LogP contribution in [0, 0.1) is 0 Å². The molecule has 0 unspecified atom stereocenters. The molecule has 0 atom stereocenters. The fourth-order valence-corrected chi connectivity index (χ4v) is 3.08. The molecule has 1 fully saturated rings. The number of fused-ring (bicyclic) bond motifs is 1. The van der Waals surface area contributed by atoms with E-state index < -0.39 is 0 Å². The number of pyridine rings is 1. The monoisotopic (exact) mass is 333 g/mol. The van der Waals surface area contributed by atoms with Crippen molar-refractivity contribution in [3.8, 4) is 11.4 Å². The maximum Gasteiger partial charge on any atom is 0.241 e. The fourth-order valence-electron chi connectivity index (χ4n) is 3.08. The Bertz CT molecular complexity index is 891. The van der Waals surface area contributed by atoms with E-state index in [2.05, 4.69) is 20.3 Å². The first kappa shape index (κ1) is 15.5. The molecule has 6 nitrogen and oxygen atoms in total. The van der Waals surface area contributed by atoms with Crippen LogP contribution in [0.5, 0.6) is 0 Å². The summed E-state index contributed by atoms with van der Waals surface area (Å²) in [6.45, 7) is 1.96. The Labute approximate surface area is 145 Å². The summed E-state index contributed by atoms with van der Waals surface area (Å²) in [5.41, 5.74) is 1.75. The van der Waals surface area contributed by atoms with Gasteiger partial charge in [-0.3, -0.25) is 9.78 Å². The zero-order chi connectivity index (χ0) is 17.1. The lowest BCUT2D eigenvalue weighted by atomic mass is 10.2. The van der Waals surface area contributed by atoms with E-state index in [1.165, 1.54) is 0 Å². The summed E-state index contributed by atoms with van der Waals surface area (Å²) < 4.78 is 0. The second-order valence-electron chi connectivity index (χ2n) is 6.09. The normalized spacial score (nSPS) is 14.0. The quantitative estimate of drug-likeness (QED) is 0.795. The topological polar surface area (TPSA) is 71.0 Å². The van der Waals surface area contributed by atoms with E-state index in [1.54, 1.807) is 12.4 Å². The molecule has 1 amide bonds. The van der Waals surface area contributed by atoms with E-state index in [1.807, 2.05) is 41.3 Å². The lowest BCUT2D eigenvalue weighted by Crippen LogP contribution is -2.33. The van der Waals surface area contributed by atoms with Gasteiger partial charge in [-0.2, -0.15) is 0 Å². The van der Waals surface area contributed by atoms with Crippen molar-refractivity contribution in [3.05, 3.63) is 48.8 Å². The van der Waals surface area contributed by atoms with Gasteiger partial charge in [0.25, 0.3) is 0 Å². The molecule has 25 heavy (non-hydrogen) atoms. The van der Waals surface area contributed by atoms with Crippen LogP contribution in [0.1, 0.15) is 12.8 Å². The molecule has 1 N–H and O–H groups in total. The zero-order valence-corrected chi connectivity index (χ0v) is 13.9. The second kappa shape index (κ2) is 6.84. The minimum Gasteiger partial charge on any atom is -0.360 e. The number of nitrogens with zero attached hydrogens (tertiary/aromatic N) is 4.